The maximum atomic E-state index is 9.12. The molecule has 0 radical (unpaired) electrons. The van der Waals surface area contributed by atoms with E-state index in [1.807, 2.05) is 35.2 Å². The van der Waals surface area contributed by atoms with Crippen molar-refractivity contribution in [2.75, 3.05) is 0 Å². The lowest BCUT2D eigenvalue weighted by atomic mass is 10.3. The molecule has 2 heterocycles. The molecule has 0 saturated heterocycles. The Bertz CT molecular complexity index is 374. The molecule has 0 aliphatic carbocycles. The van der Waals surface area contributed by atoms with Crippen molar-refractivity contribution in [2.45, 2.75) is 20.2 Å². The largest absolute Gasteiger partial charge is 0.376 e. The molecule has 0 spiro atoms. The van der Waals surface area contributed by atoms with E-state index in [1.165, 1.54) is 0 Å². The Hall–Kier alpha value is -1.48. The van der Waals surface area contributed by atoms with E-state index in [1.54, 1.807) is 0 Å². The second-order valence-corrected chi connectivity index (χ2v) is 3.18. The smallest absolute Gasteiger partial charge is 0.119 e. The second-order valence-electron chi connectivity index (χ2n) is 3.18. The van der Waals surface area contributed by atoms with Crippen LogP contribution in [0.3, 0.4) is 0 Å². The molecule has 3 nitrogen and oxygen atoms in total. The third-order valence-electron chi connectivity index (χ3n) is 2.41. The van der Waals surface area contributed by atoms with Gasteiger partial charge in [-0.05, 0) is 31.2 Å². The molecular weight excluding hydrogens is 176 g/mol. The zero-order chi connectivity index (χ0) is 9.97. The first-order valence-electron chi connectivity index (χ1n) is 4.78. The highest BCUT2D eigenvalue weighted by Crippen LogP contribution is 2.20. The first kappa shape index (κ1) is 9.09. The van der Waals surface area contributed by atoms with Gasteiger partial charge in [-0.2, -0.15) is 0 Å². The lowest BCUT2D eigenvalue weighted by molar-refractivity contribution is 0.212. The van der Waals surface area contributed by atoms with E-state index in [4.69, 9.17) is 5.11 Å². The standard InChI is InChI=1S/C11H14N2O/c1-2-12-7-3-5-10(12)11-6-4-8-13(11)9-14/h3-8,14H,2,9H2,1H3. The molecular formula is C11H14N2O. The fourth-order valence-corrected chi connectivity index (χ4v) is 1.69. The number of aryl methyl sites for hydroxylation is 1. The predicted octanol–water partition coefficient (Wildman–Crippen LogP) is 1.93. The highest BCUT2D eigenvalue weighted by Gasteiger charge is 2.06. The molecule has 0 bridgehead atoms. The molecule has 74 valence electrons. The number of nitrogens with zero attached hydrogens (tertiary/aromatic N) is 2. The fraction of sp³-hybridized carbons (Fsp3) is 0.273. The number of aliphatic hydroxyl groups excluding tert-OH is 1. The monoisotopic (exact) mass is 190 g/mol. The minimum atomic E-state index is 0.0250. The lowest BCUT2D eigenvalue weighted by Crippen LogP contribution is -2.01. The van der Waals surface area contributed by atoms with E-state index in [0.717, 1.165) is 17.9 Å². The average molecular weight is 190 g/mol. The van der Waals surface area contributed by atoms with Gasteiger partial charge in [0, 0.05) is 18.9 Å². The van der Waals surface area contributed by atoms with Crippen LogP contribution in [0.15, 0.2) is 36.7 Å². The summed E-state index contributed by atoms with van der Waals surface area (Å²) in [5, 5.41) is 9.12. The van der Waals surface area contributed by atoms with E-state index in [0.29, 0.717) is 0 Å². The minimum Gasteiger partial charge on any atom is -0.376 e. The molecule has 1 N–H and O–H groups in total. The number of rotatable bonds is 3. The highest BCUT2D eigenvalue weighted by atomic mass is 16.3. The molecule has 0 atom stereocenters. The third kappa shape index (κ3) is 1.36. The van der Waals surface area contributed by atoms with Crippen LogP contribution in [-0.4, -0.2) is 14.2 Å². The molecule has 2 aromatic rings. The van der Waals surface area contributed by atoms with Crippen LogP contribution in [0, 0.1) is 0 Å². The first-order chi connectivity index (χ1) is 6.86. The Labute approximate surface area is 83.2 Å². The molecule has 0 saturated carbocycles. The minimum absolute atomic E-state index is 0.0250. The summed E-state index contributed by atoms with van der Waals surface area (Å²) in [6.45, 7) is 3.08. The fourth-order valence-electron chi connectivity index (χ4n) is 1.69. The summed E-state index contributed by atoms with van der Waals surface area (Å²) in [7, 11) is 0. The Morgan fingerprint density at radius 3 is 2.21 bits per heavy atom. The quantitative estimate of drug-likeness (QED) is 0.787. The van der Waals surface area contributed by atoms with Crippen molar-refractivity contribution in [3.05, 3.63) is 36.7 Å². The van der Waals surface area contributed by atoms with Crippen LogP contribution in [0.4, 0.5) is 0 Å². The first-order valence-corrected chi connectivity index (χ1v) is 4.78. The zero-order valence-electron chi connectivity index (χ0n) is 8.22. The van der Waals surface area contributed by atoms with Crippen LogP contribution in [-0.2, 0) is 13.3 Å². The van der Waals surface area contributed by atoms with Gasteiger partial charge in [-0.3, -0.25) is 0 Å². The molecule has 0 fully saturated rings. The maximum Gasteiger partial charge on any atom is 0.119 e. The summed E-state index contributed by atoms with van der Waals surface area (Å²) in [6.07, 6.45) is 3.92. The number of hydrogen-bond acceptors (Lipinski definition) is 1. The van der Waals surface area contributed by atoms with Crippen molar-refractivity contribution in [3.63, 3.8) is 0 Å². The molecule has 0 amide bonds. The van der Waals surface area contributed by atoms with Crippen LogP contribution in [0.1, 0.15) is 6.92 Å². The van der Waals surface area contributed by atoms with Crippen LogP contribution in [0.2, 0.25) is 0 Å². The summed E-state index contributed by atoms with van der Waals surface area (Å²) in [5.41, 5.74) is 2.20. The van der Waals surface area contributed by atoms with E-state index < -0.39 is 0 Å². The molecule has 0 aliphatic heterocycles. The van der Waals surface area contributed by atoms with E-state index in [-0.39, 0.29) is 6.73 Å². The summed E-state index contributed by atoms with van der Waals surface area (Å²) < 4.78 is 3.98. The molecule has 0 aliphatic rings. The Kier molecular flexibility index (Phi) is 2.41. The van der Waals surface area contributed by atoms with Gasteiger partial charge in [0.25, 0.3) is 0 Å². The Morgan fingerprint density at radius 1 is 1.07 bits per heavy atom. The zero-order valence-corrected chi connectivity index (χ0v) is 8.22. The normalized spacial score (nSPS) is 10.7. The summed E-state index contributed by atoms with van der Waals surface area (Å²) in [6, 6.07) is 8.04. The van der Waals surface area contributed by atoms with Gasteiger partial charge in [0.15, 0.2) is 0 Å². The maximum absolute atomic E-state index is 9.12. The van der Waals surface area contributed by atoms with Crippen molar-refractivity contribution in [2.24, 2.45) is 0 Å². The van der Waals surface area contributed by atoms with Gasteiger partial charge in [-0.1, -0.05) is 0 Å². The van der Waals surface area contributed by atoms with Crippen molar-refractivity contribution in [1.29, 1.82) is 0 Å². The summed E-state index contributed by atoms with van der Waals surface area (Å²) >= 11 is 0. The lowest BCUT2D eigenvalue weighted by Gasteiger charge is -2.08. The number of aliphatic hydroxyl groups is 1. The molecule has 2 rings (SSSR count). The average Bonchev–Trinajstić information content (AvgIpc) is 2.85. The van der Waals surface area contributed by atoms with Gasteiger partial charge >= 0.3 is 0 Å². The van der Waals surface area contributed by atoms with Crippen molar-refractivity contribution < 1.29 is 5.11 Å². The van der Waals surface area contributed by atoms with Crippen LogP contribution in [0.25, 0.3) is 11.4 Å². The SMILES string of the molecule is CCn1cccc1-c1cccn1CO. The van der Waals surface area contributed by atoms with Crippen LogP contribution >= 0.6 is 0 Å². The van der Waals surface area contributed by atoms with E-state index in [2.05, 4.69) is 17.6 Å². The topological polar surface area (TPSA) is 30.1 Å². The highest BCUT2D eigenvalue weighted by molar-refractivity contribution is 5.56. The predicted molar refractivity (Wildman–Crippen MR) is 55.8 cm³/mol. The summed E-state index contributed by atoms with van der Waals surface area (Å²) in [5.74, 6) is 0. The summed E-state index contributed by atoms with van der Waals surface area (Å²) in [4.78, 5) is 0. The van der Waals surface area contributed by atoms with E-state index >= 15 is 0 Å². The Balaban J connectivity index is 2.48. The van der Waals surface area contributed by atoms with Gasteiger partial charge in [0.1, 0.15) is 6.73 Å². The van der Waals surface area contributed by atoms with Crippen molar-refractivity contribution >= 4 is 0 Å². The second kappa shape index (κ2) is 3.72. The van der Waals surface area contributed by atoms with Gasteiger partial charge in [0.2, 0.25) is 0 Å². The van der Waals surface area contributed by atoms with Gasteiger partial charge < -0.3 is 14.2 Å². The van der Waals surface area contributed by atoms with Crippen molar-refractivity contribution in [1.82, 2.24) is 9.13 Å². The van der Waals surface area contributed by atoms with Crippen LogP contribution in [0.5, 0.6) is 0 Å². The molecule has 2 aromatic heterocycles. The van der Waals surface area contributed by atoms with E-state index in [9.17, 15) is 0 Å². The van der Waals surface area contributed by atoms with Gasteiger partial charge in [0.05, 0.1) is 11.4 Å². The van der Waals surface area contributed by atoms with Crippen molar-refractivity contribution in [3.8, 4) is 11.4 Å². The molecule has 0 aromatic carbocycles. The number of hydrogen-bond donors (Lipinski definition) is 1. The number of aromatic nitrogens is 2. The van der Waals surface area contributed by atoms with Gasteiger partial charge in [-0.15, -0.1) is 0 Å². The molecule has 14 heavy (non-hydrogen) atoms. The Morgan fingerprint density at radius 2 is 1.64 bits per heavy atom. The molecule has 3 heteroatoms. The molecule has 0 unspecified atom stereocenters. The van der Waals surface area contributed by atoms with Crippen LogP contribution < -0.4 is 0 Å². The third-order valence-corrected chi connectivity index (χ3v) is 2.41. The van der Waals surface area contributed by atoms with Gasteiger partial charge in [-0.25, -0.2) is 0 Å².